The molecule has 0 spiro atoms. The molecular formula is C15H14F3NO4S. The lowest BCUT2D eigenvalue weighted by molar-refractivity contribution is -0.0443. The predicted octanol–water partition coefficient (Wildman–Crippen LogP) is 3.74. The van der Waals surface area contributed by atoms with E-state index in [0.29, 0.717) is 5.75 Å². The average molecular weight is 361 g/mol. The van der Waals surface area contributed by atoms with Crippen LogP contribution in [-0.2, 0) is 14.8 Å². The molecule has 9 heteroatoms. The normalized spacial score (nSPS) is 12.0. The number of para-hydroxylation sites is 1. The molecule has 0 saturated heterocycles. The zero-order chi connectivity index (χ0) is 17.8. The van der Waals surface area contributed by atoms with Crippen molar-refractivity contribution in [3.63, 3.8) is 0 Å². The van der Waals surface area contributed by atoms with Gasteiger partial charge >= 0.3 is 15.5 Å². The number of nitrogens with zero attached hydrogens (tertiary/aromatic N) is 1. The van der Waals surface area contributed by atoms with Crippen molar-refractivity contribution in [1.29, 1.82) is 0 Å². The molecule has 0 radical (unpaired) electrons. The first kappa shape index (κ1) is 18.1. The monoisotopic (exact) mass is 361 g/mol. The summed E-state index contributed by atoms with van der Waals surface area (Å²) in [6, 6.07) is 13.9. The van der Waals surface area contributed by atoms with Crippen LogP contribution in [0, 0.1) is 0 Å². The van der Waals surface area contributed by atoms with Crippen molar-refractivity contribution >= 4 is 15.7 Å². The third-order valence-electron chi connectivity index (χ3n) is 2.91. The number of benzene rings is 2. The minimum Gasteiger partial charge on any atom is -0.457 e. The van der Waals surface area contributed by atoms with Crippen molar-refractivity contribution in [3.8, 4) is 11.5 Å². The van der Waals surface area contributed by atoms with Gasteiger partial charge in [0.1, 0.15) is 18.2 Å². The number of halogens is 3. The summed E-state index contributed by atoms with van der Waals surface area (Å²) in [4.78, 5) is 0. The summed E-state index contributed by atoms with van der Waals surface area (Å²) in [6.07, 6.45) is 0. The van der Waals surface area contributed by atoms with Crippen molar-refractivity contribution in [2.75, 3.05) is 18.1 Å². The maximum atomic E-state index is 12.8. The molecule has 0 aliphatic heterocycles. The second kappa shape index (κ2) is 7.10. The largest absolute Gasteiger partial charge is 0.516 e. The van der Waals surface area contributed by atoms with Crippen LogP contribution in [0.15, 0.2) is 54.6 Å². The Balaban J connectivity index is 2.37. The van der Waals surface area contributed by atoms with Crippen molar-refractivity contribution in [2.24, 2.45) is 0 Å². The Hall–Kier alpha value is -2.26. The average Bonchev–Trinajstić information content (AvgIpc) is 2.52. The van der Waals surface area contributed by atoms with Crippen LogP contribution in [0.2, 0.25) is 0 Å². The second-order valence-corrected chi connectivity index (χ2v) is 6.48. The summed E-state index contributed by atoms with van der Waals surface area (Å²) in [6.45, 7) is -0.781. The minimum atomic E-state index is -5.59. The van der Waals surface area contributed by atoms with Crippen molar-refractivity contribution in [3.05, 3.63) is 54.6 Å². The maximum Gasteiger partial charge on any atom is 0.516 e. The Morgan fingerprint density at radius 1 is 1.00 bits per heavy atom. The van der Waals surface area contributed by atoms with Crippen LogP contribution in [0.3, 0.4) is 0 Å². The molecule has 0 unspecified atom stereocenters. The first-order chi connectivity index (χ1) is 11.3. The number of hydrogen-bond donors (Lipinski definition) is 0. The van der Waals surface area contributed by atoms with E-state index in [1.54, 1.807) is 30.3 Å². The zero-order valence-electron chi connectivity index (χ0n) is 12.5. The highest BCUT2D eigenvalue weighted by atomic mass is 32.2. The summed E-state index contributed by atoms with van der Waals surface area (Å²) >= 11 is 0. The topological polar surface area (TPSA) is 55.8 Å². The minimum absolute atomic E-state index is 0.130. The number of hydrogen-bond acceptors (Lipinski definition) is 4. The van der Waals surface area contributed by atoms with Gasteiger partial charge in [0, 0.05) is 13.2 Å². The molecule has 0 N–H and O–H groups in total. The summed E-state index contributed by atoms with van der Waals surface area (Å²) < 4.78 is 72.1. The van der Waals surface area contributed by atoms with E-state index >= 15 is 0 Å². The summed E-state index contributed by atoms with van der Waals surface area (Å²) in [5.74, 6) is 0.656. The van der Waals surface area contributed by atoms with E-state index in [0.717, 1.165) is 7.11 Å². The van der Waals surface area contributed by atoms with Crippen molar-refractivity contribution in [2.45, 2.75) is 5.51 Å². The fourth-order valence-corrected chi connectivity index (χ4v) is 2.74. The van der Waals surface area contributed by atoms with Gasteiger partial charge in [0.15, 0.2) is 0 Å². The van der Waals surface area contributed by atoms with E-state index in [4.69, 9.17) is 4.74 Å². The van der Waals surface area contributed by atoms with Crippen molar-refractivity contribution < 1.29 is 31.1 Å². The van der Waals surface area contributed by atoms with E-state index in [1.807, 2.05) is 0 Å². The molecule has 130 valence electrons. The number of methoxy groups -OCH3 is 1. The van der Waals surface area contributed by atoms with Crippen LogP contribution in [0.5, 0.6) is 11.5 Å². The van der Waals surface area contributed by atoms with Gasteiger partial charge in [-0.2, -0.15) is 21.6 Å². The molecule has 0 heterocycles. The third-order valence-corrected chi connectivity index (χ3v) is 4.39. The van der Waals surface area contributed by atoms with Crippen LogP contribution in [-0.4, -0.2) is 27.8 Å². The molecule has 0 atom stereocenters. The Bertz CT molecular complexity index is 779. The molecule has 0 amide bonds. The van der Waals surface area contributed by atoms with Crippen LogP contribution in [0.1, 0.15) is 0 Å². The second-order valence-electron chi connectivity index (χ2n) is 4.63. The van der Waals surface area contributed by atoms with E-state index in [1.165, 1.54) is 24.3 Å². The quantitative estimate of drug-likeness (QED) is 0.736. The van der Waals surface area contributed by atoms with Crippen LogP contribution in [0.25, 0.3) is 0 Å². The summed E-state index contributed by atoms with van der Waals surface area (Å²) in [5, 5.41) is 0. The molecular weight excluding hydrogens is 347 g/mol. The number of ether oxygens (including phenoxy) is 2. The van der Waals surface area contributed by atoms with Gasteiger partial charge in [-0.1, -0.05) is 24.3 Å². The third kappa shape index (κ3) is 3.98. The van der Waals surface area contributed by atoms with Crippen LogP contribution < -0.4 is 9.04 Å². The van der Waals surface area contributed by atoms with Crippen LogP contribution in [0.4, 0.5) is 18.9 Å². The zero-order valence-corrected chi connectivity index (χ0v) is 13.3. The first-order valence-corrected chi connectivity index (χ1v) is 8.10. The van der Waals surface area contributed by atoms with Gasteiger partial charge < -0.3 is 9.47 Å². The highest BCUT2D eigenvalue weighted by molar-refractivity contribution is 7.93. The highest BCUT2D eigenvalue weighted by Crippen LogP contribution is 2.33. The highest BCUT2D eigenvalue weighted by Gasteiger charge is 2.50. The Labute approximate surface area is 137 Å². The van der Waals surface area contributed by atoms with Gasteiger partial charge in [-0.05, 0) is 24.3 Å². The van der Waals surface area contributed by atoms with Gasteiger partial charge in [-0.3, -0.25) is 0 Å². The van der Waals surface area contributed by atoms with Crippen molar-refractivity contribution in [1.82, 2.24) is 0 Å². The molecule has 24 heavy (non-hydrogen) atoms. The van der Waals surface area contributed by atoms with E-state index in [2.05, 4.69) is 4.74 Å². The molecule has 0 bridgehead atoms. The molecule has 5 nitrogen and oxygen atoms in total. The SMILES string of the molecule is COCN(c1cccc(Oc2ccccc2)c1)S(=O)(=O)C(F)(F)F. The lowest BCUT2D eigenvalue weighted by atomic mass is 10.3. The number of anilines is 1. The molecule has 0 aliphatic rings. The van der Waals surface area contributed by atoms with Gasteiger partial charge in [-0.25, -0.2) is 4.31 Å². The Morgan fingerprint density at radius 2 is 1.62 bits per heavy atom. The number of sulfonamides is 1. The number of rotatable bonds is 6. The first-order valence-electron chi connectivity index (χ1n) is 6.66. The molecule has 2 rings (SSSR count). The van der Waals surface area contributed by atoms with Crippen LogP contribution >= 0.6 is 0 Å². The lowest BCUT2D eigenvalue weighted by Gasteiger charge is -2.24. The fraction of sp³-hybridized carbons (Fsp3) is 0.200. The lowest BCUT2D eigenvalue weighted by Crippen LogP contribution is -2.41. The summed E-state index contributed by atoms with van der Waals surface area (Å²) in [5.41, 5.74) is -5.66. The molecule has 2 aromatic rings. The predicted molar refractivity (Wildman–Crippen MR) is 82.3 cm³/mol. The fourth-order valence-electron chi connectivity index (χ4n) is 1.85. The standard InChI is InChI=1S/C15H14F3NO4S/c1-22-11-19(24(20,21)15(16,17)18)12-6-5-9-14(10-12)23-13-7-3-2-4-8-13/h2-10H,11H2,1H3. The summed E-state index contributed by atoms with van der Waals surface area (Å²) in [7, 11) is -4.49. The molecule has 2 aromatic carbocycles. The van der Waals surface area contributed by atoms with E-state index < -0.39 is 22.3 Å². The smallest absolute Gasteiger partial charge is 0.457 e. The van der Waals surface area contributed by atoms with Gasteiger partial charge in [0.25, 0.3) is 0 Å². The number of alkyl halides is 3. The molecule has 0 aliphatic carbocycles. The Kier molecular flexibility index (Phi) is 5.35. The van der Waals surface area contributed by atoms with E-state index in [9.17, 15) is 21.6 Å². The van der Waals surface area contributed by atoms with E-state index in [-0.39, 0.29) is 15.7 Å². The Morgan fingerprint density at radius 3 is 2.21 bits per heavy atom. The van der Waals surface area contributed by atoms with Gasteiger partial charge in [0.05, 0.1) is 5.69 Å². The molecule has 0 aromatic heterocycles. The van der Waals surface area contributed by atoms with Gasteiger partial charge in [-0.15, -0.1) is 0 Å². The maximum absolute atomic E-state index is 12.8. The molecule has 0 saturated carbocycles. The van der Waals surface area contributed by atoms with Gasteiger partial charge in [0.2, 0.25) is 0 Å². The molecule has 0 fully saturated rings.